The van der Waals surface area contributed by atoms with Crippen molar-refractivity contribution in [3.05, 3.63) is 0 Å². The molecule has 2 unspecified atom stereocenters. The molecule has 1 aliphatic carbocycles. The van der Waals surface area contributed by atoms with Crippen LogP contribution in [0.1, 0.15) is 53.9 Å². The average Bonchev–Trinajstić information content (AvgIpc) is 3.10. The molecule has 0 aliphatic heterocycles. The van der Waals surface area contributed by atoms with Gasteiger partial charge in [0.2, 0.25) is 0 Å². The van der Waals surface area contributed by atoms with Crippen LogP contribution < -0.4 is 10.6 Å². The van der Waals surface area contributed by atoms with Crippen molar-refractivity contribution in [3.8, 4) is 0 Å². The molecular formula is C16H35IN4. The Morgan fingerprint density at radius 2 is 1.86 bits per heavy atom. The molecule has 0 aromatic carbocycles. The van der Waals surface area contributed by atoms with Crippen molar-refractivity contribution in [3.63, 3.8) is 0 Å². The molecule has 0 saturated heterocycles. The molecule has 0 bridgehead atoms. The molecule has 0 heterocycles. The Morgan fingerprint density at radius 3 is 2.33 bits per heavy atom. The molecular weight excluding hydrogens is 375 g/mol. The lowest BCUT2D eigenvalue weighted by atomic mass is 10.2. The molecule has 4 nitrogen and oxygen atoms in total. The third kappa shape index (κ3) is 7.68. The summed E-state index contributed by atoms with van der Waals surface area (Å²) in [4.78, 5) is 6.82. The first-order valence-electron chi connectivity index (χ1n) is 8.22. The van der Waals surface area contributed by atoms with E-state index in [-0.39, 0.29) is 24.0 Å². The fraction of sp³-hybridized carbons (Fsp3) is 0.938. The van der Waals surface area contributed by atoms with Gasteiger partial charge in [0.25, 0.3) is 0 Å². The van der Waals surface area contributed by atoms with Crippen LogP contribution in [-0.2, 0) is 0 Å². The molecule has 21 heavy (non-hydrogen) atoms. The van der Waals surface area contributed by atoms with Gasteiger partial charge in [0.1, 0.15) is 0 Å². The Bertz CT molecular complexity index is 297. The Morgan fingerprint density at radius 1 is 1.24 bits per heavy atom. The lowest BCUT2D eigenvalue weighted by Gasteiger charge is -2.30. The van der Waals surface area contributed by atoms with E-state index in [1.165, 1.54) is 19.3 Å². The van der Waals surface area contributed by atoms with Crippen molar-refractivity contribution in [1.29, 1.82) is 0 Å². The van der Waals surface area contributed by atoms with Crippen LogP contribution in [0.2, 0.25) is 0 Å². The van der Waals surface area contributed by atoms with Crippen LogP contribution in [0.3, 0.4) is 0 Å². The van der Waals surface area contributed by atoms with Crippen molar-refractivity contribution in [1.82, 2.24) is 15.5 Å². The van der Waals surface area contributed by atoms with Crippen molar-refractivity contribution in [2.24, 2.45) is 10.9 Å². The van der Waals surface area contributed by atoms with Crippen LogP contribution >= 0.6 is 24.0 Å². The summed E-state index contributed by atoms with van der Waals surface area (Å²) in [6.45, 7) is 13.3. The third-order valence-electron chi connectivity index (χ3n) is 4.12. The highest BCUT2D eigenvalue weighted by Crippen LogP contribution is 2.34. The van der Waals surface area contributed by atoms with Gasteiger partial charge < -0.3 is 10.6 Å². The Balaban J connectivity index is 0.00000400. The Labute approximate surface area is 148 Å². The summed E-state index contributed by atoms with van der Waals surface area (Å²) >= 11 is 0. The molecule has 0 radical (unpaired) electrons. The standard InChI is InChI=1S/C16H34N4.HI/c1-7-8-14-11-15(14)19-16(17-6)18-9-10-20(12(2)3)13(4)5;/h12-15H,7-11H2,1-6H3,(H2,17,18,19);1H. The number of guanidine groups is 1. The normalized spacial score (nSPS) is 21.7. The summed E-state index contributed by atoms with van der Waals surface area (Å²) < 4.78 is 0. The number of halogens is 1. The lowest BCUT2D eigenvalue weighted by Crippen LogP contribution is -2.45. The largest absolute Gasteiger partial charge is 0.355 e. The molecule has 1 aliphatic rings. The predicted molar refractivity (Wildman–Crippen MR) is 104 cm³/mol. The Hall–Kier alpha value is -0.0400. The maximum atomic E-state index is 4.33. The molecule has 2 N–H and O–H groups in total. The maximum Gasteiger partial charge on any atom is 0.191 e. The first kappa shape index (κ1) is 21.0. The van der Waals surface area contributed by atoms with E-state index in [0.29, 0.717) is 18.1 Å². The zero-order valence-electron chi connectivity index (χ0n) is 14.6. The van der Waals surface area contributed by atoms with Gasteiger partial charge in [0, 0.05) is 38.3 Å². The van der Waals surface area contributed by atoms with Gasteiger partial charge in [-0.2, -0.15) is 0 Å². The molecule has 5 heteroatoms. The van der Waals surface area contributed by atoms with Gasteiger partial charge in [-0.05, 0) is 46.5 Å². The minimum atomic E-state index is 0. The van der Waals surface area contributed by atoms with E-state index in [4.69, 9.17) is 0 Å². The maximum absolute atomic E-state index is 4.33. The Kier molecular flexibility index (Phi) is 10.6. The summed E-state index contributed by atoms with van der Waals surface area (Å²) in [5.41, 5.74) is 0. The molecule has 2 atom stereocenters. The number of nitrogens with zero attached hydrogens (tertiary/aromatic N) is 2. The highest BCUT2D eigenvalue weighted by atomic mass is 127. The zero-order chi connectivity index (χ0) is 15.1. The summed E-state index contributed by atoms with van der Waals surface area (Å²) in [5, 5.41) is 6.97. The van der Waals surface area contributed by atoms with Crippen LogP contribution in [-0.4, -0.2) is 49.1 Å². The molecule has 0 spiro atoms. The van der Waals surface area contributed by atoms with Crippen LogP contribution in [0.5, 0.6) is 0 Å². The summed E-state index contributed by atoms with van der Waals surface area (Å²) in [6.07, 6.45) is 3.93. The van der Waals surface area contributed by atoms with E-state index < -0.39 is 0 Å². The van der Waals surface area contributed by atoms with Crippen LogP contribution in [0, 0.1) is 5.92 Å². The molecule has 0 amide bonds. The third-order valence-corrected chi connectivity index (χ3v) is 4.12. The van der Waals surface area contributed by atoms with Gasteiger partial charge >= 0.3 is 0 Å². The van der Waals surface area contributed by atoms with Crippen molar-refractivity contribution in [2.75, 3.05) is 20.1 Å². The van der Waals surface area contributed by atoms with Crippen LogP contribution in [0.15, 0.2) is 4.99 Å². The highest BCUT2D eigenvalue weighted by molar-refractivity contribution is 14.0. The van der Waals surface area contributed by atoms with E-state index in [2.05, 4.69) is 55.1 Å². The van der Waals surface area contributed by atoms with Gasteiger partial charge in [0.05, 0.1) is 0 Å². The van der Waals surface area contributed by atoms with E-state index in [9.17, 15) is 0 Å². The van der Waals surface area contributed by atoms with E-state index >= 15 is 0 Å². The first-order valence-corrected chi connectivity index (χ1v) is 8.22. The fourth-order valence-corrected chi connectivity index (χ4v) is 2.90. The second-order valence-electron chi connectivity index (χ2n) is 6.46. The number of hydrogen-bond donors (Lipinski definition) is 2. The van der Waals surface area contributed by atoms with Crippen LogP contribution in [0.4, 0.5) is 0 Å². The monoisotopic (exact) mass is 410 g/mol. The minimum Gasteiger partial charge on any atom is -0.355 e. The molecule has 1 saturated carbocycles. The quantitative estimate of drug-likeness (QED) is 0.367. The second-order valence-corrected chi connectivity index (χ2v) is 6.46. The van der Waals surface area contributed by atoms with Gasteiger partial charge in [-0.3, -0.25) is 9.89 Å². The smallest absolute Gasteiger partial charge is 0.191 e. The molecule has 1 fully saturated rings. The minimum absolute atomic E-state index is 0. The summed E-state index contributed by atoms with van der Waals surface area (Å²) in [7, 11) is 1.86. The first-order chi connectivity index (χ1) is 9.49. The van der Waals surface area contributed by atoms with E-state index in [0.717, 1.165) is 25.0 Å². The second kappa shape index (κ2) is 10.6. The summed E-state index contributed by atoms with van der Waals surface area (Å²) in [6, 6.07) is 1.82. The fourth-order valence-electron chi connectivity index (χ4n) is 2.90. The lowest BCUT2D eigenvalue weighted by molar-refractivity contribution is 0.178. The number of aliphatic imine (C=N–C) groups is 1. The molecule has 126 valence electrons. The number of rotatable bonds is 8. The van der Waals surface area contributed by atoms with Gasteiger partial charge in [-0.25, -0.2) is 0 Å². The zero-order valence-corrected chi connectivity index (χ0v) is 17.0. The van der Waals surface area contributed by atoms with Crippen LogP contribution in [0.25, 0.3) is 0 Å². The molecule has 0 aromatic rings. The van der Waals surface area contributed by atoms with E-state index in [1.807, 2.05) is 7.05 Å². The number of nitrogens with one attached hydrogen (secondary N) is 2. The molecule has 1 rings (SSSR count). The van der Waals surface area contributed by atoms with Gasteiger partial charge in [0.15, 0.2) is 5.96 Å². The summed E-state index contributed by atoms with van der Waals surface area (Å²) in [5.74, 6) is 1.82. The average molecular weight is 410 g/mol. The topological polar surface area (TPSA) is 39.7 Å². The van der Waals surface area contributed by atoms with Gasteiger partial charge in [-0.15, -0.1) is 24.0 Å². The van der Waals surface area contributed by atoms with Gasteiger partial charge in [-0.1, -0.05) is 13.3 Å². The van der Waals surface area contributed by atoms with Crippen molar-refractivity contribution >= 4 is 29.9 Å². The van der Waals surface area contributed by atoms with Crippen molar-refractivity contribution < 1.29 is 0 Å². The predicted octanol–water partition coefficient (Wildman–Crippen LogP) is 3.08. The van der Waals surface area contributed by atoms with Crippen molar-refractivity contribution in [2.45, 2.75) is 72.0 Å². The van der Waals surface area contributed by atoms with E-state index in [1.54, 1.807) is 0 Å². The highest BCUT2D eigenvalue weighted by Gasteiger charge is 2.36. The molecule has 0 aromatic heterocycles. The SMILES string of the molecule is CCCC1CC1NC(=NC)NCCN(C(C)C)C(C)C.I. The number of hydrogen-bond acceptors (Lipinski definition) is 2.